The average Bonchev–Trinajstić information content (AvgIpc) is 3.38. The van der Waals surface area contributed by atoms with Crippen LogP contribution in [0.4, 0.5) is 17.6 Å². The molecule has 2 aliphatic rings. The summed E-state index contributed by atoms with van der Waals surface area (Å²) in [5.74, 6) is 0.620. The number of nitrogens with one attached hydrogen (secondary N) is 1. The van der Waals surface area contributed by atoms with Crippen molar-refractivity contribution in [2.75, 3.05) is 18.1 Å². The zero-order valence-electron chi connectivity index (χ0n) is 26.3. The van der Waals surface area contributed by atoms with Crippen molar-refractivity contribution in [2.24, 2.45) is 5.92 Å². The molecule has 0 aromatic carbocycles. The van der Waals surface area contributed by atoms with Crippen LogP contribution in [0.25, 0.3) is 0 Å². The molecule has 0 bridgehead atoms. The van der Waals surface area contributed by atoms with Gasteiger partial charge in [-0.15, -0.1) is 0 Å². The number of H-pyrrole nitrogens is 1. The van der Waals surface area contributed by atoms with Gasteiger partial charge in [-0.25, -0.2) is 9.36 Å². The van der Waals surface area contributed by atoms with Crippen LogP contribution in [0.2, 0.25) is 0 Å². The normalized spacial score (nSPS) is 23.0. The Morgan fingerprint density at radius 1 is 1.00 bits per heavy atom. The van der Waals surface area contributed by atoms with E-state index in [1.54, 1.807) is 4.98 Å². The van der Waals surface area contributed by atoms with E-state index in [-0.39, 0.29) is 12.4 Å². The van der Waals surface area contributed by atoms with Crippen LogP contribution in [0.1, 0.15) is 115 Å². The molecule has 1 saturated carbocycles. The fraction of sp³-hybridized carbons (Fsp3) is 0.867. The van der Waals surface area contributed by atoms with Crippen LogP contribution < -0.4 is 11.2 Å². The quantitative estimate of drug-likeness (QED) is 0.0702. The number of hydrogen-bond acceptors (Lipinski definition) is 8. The highest BCUT2D eigenvalue weighted by molar-refractivity contribution is 7.99. The maximum absolute atomic E-state index is 13.8. The number of halogens is 4. The van der Waals surface area contributed by atoms with Crippen LogP contribution in [-0.2, 0) is 18.3 Å². The molecule has 16 heteroatoms. The minimum atomic E-state index is -5.27. The lowest BCUT2D eigenvalue weighted by Crippen LogP contribution is -2.46. The van der Waals surface area contributed by atoms with E-state index in [1.165, 1.54) is 95.2 Å². The van der Waals surface area contributed by atoms with E-state index < -0.39 is 62.0 Å². The second kappa shape index (κ2) is 19.7. The zero-order chi connectivity index (χ0) is 33.6. The van der Waals surface area contributed by atoms with Gasteiger partial charge in [-0.2, -0.15) is 29.3 Å². The standard InChI is InChI=1S/C30H49F4N2O8PS/c31-23-21-36(29(39)35-28(23)38)25-20-24(37)26(43-25)27(30(32,33)34)44-45(40,41)42-17-19-46-18-13-8-6-4-2-1-3-5-7-10-14-22-15-11-9-12-16-22/h21-22,24-27,37H,1-20H2,(H,40,41)(H,35,38,39)/t24-,25+,26-,27-/m0/s1. The van der Waals surface area contributed by atoms with E-state index in [4.69, 9.17) is 9.26 Å². The lowest BCUT2D eigenvalue weighted by atomic mass is 9.85. The maximum atomic E-state index is 13.8. The third-order valence-corrected chi connectivity index (χ3v) is 10.6. The molecule has 5 atom stereocenters. The number of ether oxygens (including phenoxy) is 1. The van der Waals surface area contributed by atoms with Crippen LogP contribution in [-0.4, -0.2) is 62.2 Å². The number of aliphatic hydroxyl groups is 1. The molecule has 266 valence electrons. The van der Waals surface area contributed by atoms with Crippen LogP contribution >= 0.6 is 19.6 Å². The van der Waals surface area contributed by atoms with Gasteiger partial charge in [-0.3, -0.25) is 23.4 Å². The molecule has 1 unspecified atom stereocenters. The third kappa shape index (κ3) is 13.7. The highest BCUT2D eigenvalue weighted by atomic mass is 32.2. The first kappa shape index (κ1) is 39.2. The number of aliphatic hydroxyl groups excluding tert-OH is 1. The molecule has 10 nitrogen and oxygen atoms in total. The summed E-state index contributed by atoms with van der Waals surface area (Å²) in [4.78, 5) is 34.8. The molecule has 1 saturated heterocycles. The van der Waals surface area contributed by atoms with Crippen LogP contribution in [0.5, 0.6) is 0 Å². The van der Waals surface area contributed by atoms with Crippen molar-refractivity contribution < 1.29 is 45.9 Å². The molecule has 1 aromatic rings. The maximum Gasteiger partial charge on any atom is 0.472 e. The summed E-state index contributed by atoms with van der Waals surface area (Å²) >= 11 is 1.45. The van der Waals surface area contributed by atoms with Gasteiger partial charge in [0.25, 0.3) is 5.56 Å². The summed E-state index contributed by atoms with van der Waals surface area (Å²) in [5.41, 5.74) is -2.52. The number of nitrogens with zero attached hydrogens (tertiary/aromatic N) is 1. The number of rotatable bonds is 21. The van der Waals surface area contributed by atoms with Crippen LogP contribution in [0.3, 0.4) is 0 Å². The molecular formula is C30H49F4N2O8PS. The molecule has 3 rings (SSSR count). The molecule has 2 heterocycles. The third-order valence-electron chi connectivity index (χ3n) is 8.60. The minimum Gasteiger partial charge on any atom is -0.390 e. The van der Waals surface area contributed by atoms with Crippen molar-refractivity contribution in [1.29, 1.82) is 0 Å². The number of phosphoric ester groups is 1. The Hall–Kier alpha value is -1.22. The van der Waals surface area contributed by atoms with E-state index in [2.05, 4.69) is 4.52 Å². The highest BCUT2D eigenvalue weighted by Crippen LogP contribution is 2.50. The SMILES string of the molecule is O=c1[nH]c(=O)n([C@H]2C[C@H](O)[C@@H]([C@H](OP(=O)(O)OCCSCCCCCCCCCCCCC3CCCCC3)C(F)(F)F)O2)cc1F. The van der Waals surface area contributed by atoms with E-state index in [0.717, 1.165) is 30.9 Å². The van der Waals surface area contributed by atoms with Gasteiger partial charge in [0.15, 0.2) is 6.10 Å². The molecule has 0 radical (unpaired) electrons. The first-order valence-electron chi connectivity index (χ1n) is 16.5. The van der Waals surface area contributed by atoms with Crippen molar-refractivity contribution in [1.82, 2.24) is 9.55 Å². The fourth-order valence-electron chi connectivity index (χ4n) is 6.12. The first-order chi connectivity index (χ1) is 21.9. The molecule has 0 spiro atoms. The molecule has 0 amide bonds. The number of aromatic nitrogens is 2. The summed E-state index contributed by atoms with van der Waals surface area (Å²) in [7, 11) is -5.23. The van der Waals surface area contributed by atoms with Gasteiger partial charge in [0.1, 0.15) is 12.3 Å². The van der Waals surface area contributed by atoms with E-state index in [1.807, 2.05) is 0 Å². The lowest BCUT2D eigenvalue weighted by molar-refractivity contribution is -0.240. The van der Waals surface area contributed by atoms with Gasteiger partial charge in [0.05, 0.1) is 18.9 Å². The first-order valence-corrected chi connectivity index (χ1v) is 19.2. The predicted octanol–water partition coefficient (Wildman–Crippen LogP) is 6.99. The molecular weight excluding hydrogens is 655 g/mol. The molecule has 3 N–H and O–H groups in total. The summed E-state index contributed by atoms with van der Waals surface area (Å²) in [6.45, 7) is -0.341. The van der Waals surface area contributed by atoms with E-state index >= 15 is 0 Å². The number of alkyl halides is 3. The van der Waals surface area contributed by atoms with Gasteiger partial charge in [-0.1, -0.05) is 96.3 Å². The van der Waals surface area contributed by atoms with E-state index in [9.17, 15) is 41.7 Å². The van der Waals surface area contributed by atoms with Gasteiger partial charge >= 0.3 is 19.7 Å². The average molecular weight is 705 g/mol. The summed E-state index contributed by atoms with van der Waals surface area (Å²) < 4.78 is 82.1. The second-order valence-corrected chi connectivity index (χ2v) is 14.9. The summed E-state index contributed by atoms with van der Waals surface area (Å²) in [6, 6.07) is 0. The van der Waals surface area contributed by atoms with Crippen molar-refractivity contribution in [3.05, 3.63) is 32.9 Å². The summed E-state index contributed by atoms with van der Waals surface area (Å²) in [6.07, 6.45) is 6.46. The monoisotopic (exact) mass is 704 g/mol. The number of thioether (sulfide) groups is 1. The summed E-state index contributed by atoms with van der Waals surface area (Å²) in [5, 5.41) is 10.2. The van der Waals surface area contributed by atoms with Crippen molar-refractivity contribution in [2.45, 2.75) is 140 Å². The van der Waals surface area contributed by atoms with Crippen molar-refractivity contribution >= 4 is 19.6 Å². The molecule has 1 aliphatic carbocycles. The number of phosphoric acid groups is 1. The largest absolute Gasteiger partial charge is 0.472 e. The number of aromatic amines is 1. The Kier molecular flexibility index (Phi) is 16.8. The Labute approximate surface area is 271 Å². The second-order valence-electron chi connectivity index (χ2n) is 12.3. The van der Waals surface area contributed by atoms with Gasteiger partial charge in [-0.05, 0) is 18.1 Å². The molecule has 2 fully saturated rings. The van der Waals surface area contributed by atoms with Gasteiger partial charge in [0.2, 0.25) is 5.82 Å². The lowest BCUT2D eigenvalue weighted by Gasteiger charge is -2.28. The smallest absolute Gasteiger partial charge is 0.390 e. The minimum absolute atomic E-state index is 0.261. The van der Waals surface area contributed by atoms with Gasteiger partial charge in [0, 0.05) is 12.2 Å². The number of unbranched alkanes of at least 4 members (excludes halogenated alkanes) is 9. The Morgan fingerprint density at radius 3 is 2.24 bits per heavy atom. The molecule has 1 aliphatic heterocycles. The van der Waals surface area contributed by atoms with Crippen molar-refractivity contribution in [3.8, 4) is 0 Å². The number of hydrogen-bond donors (Lipinski definition) is 3. The van der Waals surface area contributed by atoms with Crippen molar-refractivity contribution in [3.63, 3.8) is 0 Å². The Balaban J connectivity index is 1.25. The Bertz CT molecular complexity index is 1200. The zero-order valence-corrected chi connectivity index (χ0v) is 28.0. The topological polar surface area (TPSA) is 140 Å². The van der Waals surface area contributed by atoms with Crippen LogP contribution in [0.15, 0.2) is 15.8 Å². The highest BCUT2D eigenvalue weighted by Gasteiger charge is 2.55. The van der Waals surface area contributed by atoms with Gasteiger partial charge < -0.3 is 14.7 Å². The molecule has 1 aromatic heterocycles. The van der Waals surface area contributed by atoms with E-state index in [0.29, 0.717) is 10.8 Å². The Morgan fingerprint density at radius 2 is 1.61 bits per heavy atom. The van der Waals surface area contributed by atoms with Crippen LogP contribution in [0, 0.1) is 11.7 Å². The predicted molar refractivity (Wildman–Crippen MR) is 167 cm³/mol. The fourth-order valence-corrected chi connectivity index (χ4v) is 7.96. The molecule has 46 heavy (non-hydrogen) atoms.